The molecule has 36 heavy (non-hydrogen) atoms. The maximum absolute atomic E-state index is 13.9. The first-order valence-corrected chi connectivity index (χ1v) is 13.0. The second-order valence-electron chi connectivity index (χ2n) is 9.47. The van der Waals surface area contributed by atoms with Gasteiger partial charge in [-0.25, -0.2) is 4.98 Å². The van der Waals surface area contributed by atoms with Crippen molar-refractivity contribution in [2.24, 2.45) is 11.7 Å². The van der Waals surface area contributed by atoms with E-state index in [2.05, 4.69) is 30.5 Å². The van der Waals surface area contributed by atoms with Gasteiger partial charge in [0, 0.05) is 18.7 Å². The molecule has 188 valence electrons. The first kappa shape index (κ1) is 26.2. The van der Waals surface area contributed by atoms with Crippen LogP contribution in [-0.2, 0) is 6.54 Å². The lowest BCUT2D eigenvalue weighted by Gasteiger charge is -2.34. The zero-order valence-electron chi connectivity index (χ0n) is 20.9. The minimum atomic E-state index is -0.295. The Labute approximate surface area is 222 Å². The summed E-state index contributed by atoms with van der Waals surface area (Å²) in [5.74, 6) is 0.827. The summed E-state index contributed by atoms with van der Waals surface area (Å²) in [5, 5.41) is 0.875. The van der Waals surface area contributed by atoms with Gasteiger partial charge in [0.15, 0.2) is 0 Å². The summed E-state index contributed by atoms with van der Waals surface area (Å²) in [6.07, 6.45) is 0.687. The summed E-state index contributed by atoms with van der Waals surface area (Å²) in [6.45, 7) is 7.85. The van der Waals surface area contributed by atoms with E-state index >= 15 is 0 Å². The van der Waals surface area contributed by atoms with Crippen molar-refractivity contribution in [3.63, 3.8) is 0 Å². The zero-order valence-corrected chi connectivity index (χ0v) is 22.4. The first-order chi connectivity index (χ1) is 17.3. The van der Waals surface area contributed by atoms with Crippen LogP contribution in [0.1, 0.15) is 53.6 Å². The number of fused-ring (bicyclic) bond motifs is 1. The quantitative estimate of drug-likeness (QED) is 0.260. The Morgan fingerprint density at radius 2 is 1.72 bits per heavy atom. The molecule has 0 fully saturated rings. The third-order valence-electron chi connectivity index (χ3n) is 6.42. The van der Waals surface area contributed by atoms with Crippen LogP contribution in [0.3, 0.4) is 0 Å². The Bertz CT molecular complexity index is 1330. The molecule has 0 unspecified atom stereocenters. The predicted molar refractivity (Wildman–Crippen MR) is 149 cm³/mol. The molecule has 1 aromatic heterocycles. The van der Waals surface area contributed by atoms with Crippen LogP contribution < -0.4 is 5.73 Å². The fraction of sp³-hybridized carbons (Fsp3) is 0.310. The molecule has 2 N–H and O–H groups in total. The fourth-order valence-corrected chi connectivity index (χ4v) is 4.95. The second-order valence-corrected chi connectivity index (χ2v) is 10.3. The molecule has 0 aliphatic carbocycles. The van der Waals surface area contributed by atoms with Crippen molar-refractivity contribution in [2.45, 2.75) is 39.8 Å². The molecule has 0 bridgehead atoms. The normalized spacial score (nSPS) is 12.3. The zero-order chi connectivity index (χ0) is 25.8. The highest BCUT2D eigenvalue weighted by atomic mass is 35.5. The van der Waals surface area contributed by atoms with Crippen LogP contribution >= 0.6 is 23.2 Å². The van der Waals surface area contributed by atoms with E-state index < -0.39 is 0 Å². The molecule has 0 spiro atoms. The molecule has 3 aromatic carbocycles. The van der Waals surface area contributed by atoms with Gasteiger partial charge in [-0.05, 0) is 55.6 Å². The molecule has 5 nitrogen and oxygen atoms in total. The van der Waals surface area contributed by atoms with Crippen molar-refractivity contribution in [2.75, 3.05) is 13.1 Å². The minimum Gasteiger partial charge on any atom is -0.330 e. The maximum Gasteiger partial charge on any atom is 0.254 e. The Morgan fingerprint density at radius 1 is 1.03 bits per heavy atom. The SMILES string of the molecule is Cc1ccc(C(=O)N(CCCN)[C@@H](c2nc3c(Cl)c(Cl)ccc3n2Cc2ccccc2)C(C)C)cc1. The number of hydrogen-bond donors (Lipinski definition) is 1. The van der Waals surface area contributed by atoms with Crippen LogP contribution in [0.5, 0.6) is 0 Å². The third kappa shape index (κ3) is 5.44. The Morgan fingerprint density at radius 3 is 2.36 bits per heavy atom. The number of aryl methyl sites for hydroxylation is 1. The van der Waals surface area contributed by atoms with E-state index in [9.17, 15) is 4.79 Å². The summed E-state index contributed by atoms with van der Waals surface area (Å²) in [4.78, 5) is 20.8. The molecular formula is C29H32Cl2N4O. The summed E-state index contributed by atoms with van der Waals surface area (Å²) in [6, 6.07) is 21.4. The summed E-state index contributed by atoms with van der Waals surface area (Å²) >= 11 is 13.0. The molecule has 7 heteroatoms. The predicted octanol–water partition coefficient (Wildman–Crippen LogP) is 6.89. The van der Waals surface area contributed by atoms with Crippen LogP contribution in [-0.4, -0.2) is 33.4 Å². The van der Waals surface area contributed by atoms with E-state index in [-0.39, 0.29) is 17.9 Å². The second kappa shape index (κ2) is 11.5. The maximum atomic E-state index is 13.9. The largest absolute Gasteiger partial charge is 0.330 e. The van der Waals surface area contributed by atoms with Crippen LogP contribution in [0.4, 0.5) is 0 Å². The van der Waals surface area contributed by atoms with Gasteiger partial charge in [-0.3, -0.25) is 4.79 Å². The highest BCUT2D eigenvalue weighted by molar-refractivity contribution is 6.44. The van der Waals surface area contributed by atoms with Gasteiger partial charge >= 0.3 is 0 Å². The number of halogens is 2. The van der Waals surface area contributed by atoms with Crippen molar-refractivity contribution in [1.29, 1.82) is 0 Å². The average molecular weight is 524 g/mol. The topological polar surface area (TPSA) is 64.2 Å². The number of nitrogens with zero attached hydrogens (tertiary/aromatic N) is 3. The number of imidazole rings is 1. The van der Waals surface area contributed by atoms with E-state index in [4.69, 9.17) is 33.9 Å². The lowest BCUT2D eigenvalue weighted by Crippen LogP contribution is -2.40. The molecule has 4 rings (SSSR count). The van der Waals surface area contributed by atoms with Gasteiger partial charge in [-0.2, -0.15) is 0 Å². The molecular weight excluding hydrogens is 491 g/mol. The van der Waals surface area contributed by atoms with Crippen LogP contribution in [0.2, 0.25) is 10.0 Å². The molecule has 0 aliphatic rings. The van der Waals surface area contributed by atoms with Crippen LogP contribution in [0.25, 0.3) is 11.0 Å². The van der Waals surface area contributed by atoms with Crippen molar-refractivity contribution in [3.05, 3.63) is 99.3 Å². The molecule has 0 aliphatic heterocycles. The third-order valence-corrected chi connectivity index (χ3v) is 7.21. The minimum absolute atomic E-state index is 0.0374. The van der Waals surface area contributed by atoms with Crippen molar-refractivity contribution >= 4 is 40.1 Å². The highest BCUT2D eigenvalue weighted by Gasteiger charge is 2.33. The van der Waals surface area contributed by atoms with Crippen molar-refractivity contribution in [1.82, 2.24) is 14.5 Å². The van der Waals surface area contributed by atoms with E-state index in [0.717, 1.165) is 22.5 Å². The molecule has 0 saturated heterocycles. The molecule has 0 radical (unpaired) electrons. The van der Waals surface area contributed by atoms with Crippen LogP contribution in [0.15, 0.2) is 66.7 Å². The number of aromatic nitrogens is 2. The number of nitrogens with two attached hydrogens (primary N) is 1. The van der Waals surface area contributed by atoms with E-state index in [1.165, 1.54) is 0 Å². The number of carbonyl (C=O) groups excluding carboxylic acids is 1. The van der Waals surface area contributed by atoms with E-state index in [1.54, 1.807) is 6.07 Å². The lowest BCUT2D eigenvalue weighted by atomic mass is 9.99. The van der Waals surface area contributed by atoms with Gasteiger partial charge in [0.25, 0.3) is 5.91 Å². The molecule has 0 saturated carbocycles. The highest BCUT2D eigenvalue weighted by Crippen LogP contribution is 2.37. The van der Waals surface area contributed by atoms with Crippen molar-refractivity contribution < 1.29 is 4.79 Å². The number of hydrogen-bond acceptors (Lipinski definition) is 3. The molecule has 1 amide bonds. The van der Waals surface area contributed by atoms with Gasteiger partial charge in [-0.1, -0.05) is 85.1 Å². The molecule has 4 aromatic rings. The van der Waals surface area contributed by atoms with Gasteiger partial charge in [0.1, 0.15) is 11.3 Å². The monoisotopic (exact) mass is 522 g/mol. The summed E-state index contributed by atoms with van der Waals surface area (Å²) < 4.78 is 2.16. The molecule has 1 atom stereocenters. The van der Waals surface area contributed by atoms with Crippen LogP contribution in [0, 0.1) is 12.8 Å². The summed E-state index contributed by atoms with van der Waals surface area (Å²) in [7, 11) is 0. The number of amides is 1. The van der Waals surface area contributed by atoms with Gasteiger partial charge in [0.05, 0.1) is 21.6 Å². The van der Waals surface area contributed by atoms with Gasteiger partial charge < -0.3 is 15.2 Å². The summed E-state index contributed by atoms with van der Waals surface area (Å²) in [5.41, 5.74) is 10.3. The molecule has 1 heterocycles. The fourth-order valence-electron chi connectivity index (χ4n) is 4.60. The number of carbonyl (C=O) groups is 1. The lowest BCUT2D eigenvalue weighted by molar-refractivity contribution is 0.0605. The van der Waals surface area contributed by atoms with E-state index in [1.807, 2.05) is 60.4 Å². The van der Waals surface area contributed by atoms with Gasteiger partial charge in [0.2, 0.25) is 0 Å². The first-order valence-electron chi connectivity index (χ1n) is 12.3. The van der Waals surface area contributed by atoms with Gasteiger partial charge in [-0.15, -0.1) is 0 Å². The Hall–Kier alpha value is -2.86. The average Bonchev–Trinajstić information content (AvgIpc) is 3.22. The van der Waals surface area contributed by atoms with E-state index in [0.29, 0.717) is 47.2 Å². The smallest absolute Gasteiger partial charge is 0.254 e. The Balaban J connectivity index is 1.89. The standard InChI is InChI=1S/C29H32Cl2N4O/c1-19(2)27(34(17-7-16-32)29(36)22-12-10-20(3)11-13-22)28-33-26-24(15-14-23(30)25(26)31)35(28)18-21-8-5-4-6-9-21/h4-6,8-15,19,27H,7,16-18,32H2,1-3H3/t27-/m1/s1. The Kier molecular flexibility index (Phi) is 8.35. The number of benzene rings is 3. The number of rotatable bonds is 9. The van der Waals surface area contributed by atoms with Crippen molar-refractivity contribution in [3.8, 4) is 0 Å².